The van der Waals surface area contributed by atoms with Crippen LogP contribution < -0.4 is 14.8 Å². The Balaban J connectivity index is 1.73. The summed E-state index contributed by atoms with van der Waals surface area (Å²) in [5.74, 6) is 0.131. The fraction of sp³-hybridized carbons (Fsp3) is 0.417. The lowest BCUT2D eigenvalue weighted by Crippen LogP contribution is -2.47. The van der Waals surface area contributed by atoms with Gasteiger partial charge in [0.1, 0.15) is 17.1 Å². The van der Waals surface area contributed by atoms with Gasteiger partial charge in [0.2, 0.25) is 0 Å². The van der Waals surface area contributed by atoms with E-state index in [4.69, 9.17) is 9.84 Å². The number of nitrogens with one attached hydrogen (secondary N) is 2. The van der Waals surface area contributed by atoms with E-state index in [0.717, 1.165) is 18.5 Å². The molecule has 0 aliphatic heterocycles. The quantitative estimate of drug-likeness (QED) is 0.292. The van der Waals surface area contributed by atoms with Crippen LogP contribution in [0.4, 0.5) is 13.6 Å². The molecule has 1 aromatic carbocycles. The summed E-state index contributed by atoms with van der Waals surface area (Å²) < 4.78 is 37.5. The number of carbonyl (C=O) groups excluding carboxylic acids is 1. The highest BCUT2D eigenvalue weighted by atomic mass is 19.3. The fourth-order valence-electron chi connectivity index (χ4n) is 3.73. The summed E-state index contributed by atoms with van der Waals surface area (Å²) in [6, 6.07) is 4.65. The van der Waals surface area contributed by atoms with E-state index >= 15 is 0 Å². The summed E-state index contributed by atoms with van der Waals surface area (Å²) >= 11 is 0. The second-order valence-corrected chi connectivity index (χ2v) is 9.45. The Morgan fingerprint density at radius 3 is 2.81 bits per heavy atom. The maximum Gasteiger partial charge on any atom is 0.413 e. The molecule has 0 fully saturated rings. The average Bonchev–Trinajstić information content (AvgIpc) is 3.39. The highest BCUT2D eigenvalue weighted by Gasteiger charge is 2.23. The molecule has 0 unspecified atom stereocenters. The van der Waals surface area contributed by atoms with Crippen LogP contribution in [0.15, 0.2) is 30.6 Å². The third kappa shape index (κ3) is 6.12. The molecule has 4 rings (SSSR count). The Hall–Kier alpha value is -3.84. The number of carbonyl (C=O) groups is 1. The normalized spacial score (nSPS) is 12.1. The van der Waals surface area contributed by atoms with Gasteiger partial charge in [0.15, 0.2) is 16.9 Å². The van der Waals surface area contributed by atoms with E-state index in [-0.39, 0.29) is 23.6 Å². The summed E-state index contributed by atoms with van der Waals surface area (Å²) in [7, 11) is 3.96. The molecule has 0 saturated carbocycles. The largest absolute Gasteiger partial charge is 0.435 e. The number of aliphatic hydroxyl groups excluding tert-OH is 1. The number of hydrogen-bond donors (Lipinski definition) is 3. The number of rotatable bonds is 10. The molecule has 0 bridgehead atoms. The number of aliphatic hydroxyl groups is 1. The van der Waals surface area contributed by atoms with Crippen LogP contribution in [0.2, 0.25) is 0 Å². The number of benzene rings is 1. The van der Waals surface area contributed by atoms with Crippen molar-refractivity contribution in [1.29, 1.82) is 0 Å². The highest BCUT2D eigenvalue weighted by molar-refractivity contribution is 5.94. The van der Waals surface area contributed by atoms with Gasteiger partial charge in [0.25, 0.3) is 0 Å². The van der Waals surface area contributed by atoms with Gasteiger partial charge in [0, 0.05) is 18.1 Å². The number of alkyl halides is 2. The number of aromatic amines is 1. The van der Waals surface area contributed by atoms with Crippen molar-refractivity contribution in [3.63, 3.8) is 0 Å². The minimum Gasteiger partial charge on any atom is -0.435 e. The first-order chi connectivity index (χ1) is 17.6. The monoisotopic (exact) mass is 517 g/mol. The molecule has 0 radical (unpaired) electrons. The van der Waals surface area contributed by atoms with Gasteiger partial charge in [-0.05, 0) is 59.1 Å². The molecule has 0 atom stereocenters. The first kappa shape index (κ1) is 26.2. The maximum absolute atomic E-state index is 12.9. The van der Waals surface area contributed by atoms with Crippen molar-refractivity contribution in [1.82, 2.24) is 34.9 Å². The molecule has 3 N–H and O–H groups in total. The standard InChI is InChI=1S/C24H29F2N7O4/c1-24(2,13-34)30-23(35)37-18-12-28-21-20(18)29-16(11-27-21)19-15-10-14(36-22(25)26)6-7-17(15)33(31-19)9-5-8-32(3)4/h6-7,10-12,22,34H,5,8-9,13H2,1-4H3,(H,27,28)(H,30,35). The molecule has 4 aromatic rings. The van der Waals surface area contributed by atoms with E-state index < -0.39 is 18.2 Å². The molecule has 3 aromatic heterocycles. The van der Waals surface area contributed by atoms with Crippen molar-refractivity contribution in [2.24, 2.45) is 0 Å². The van der Waals surface area contributed by atoms with Gasteiger partial charge in [-0.1, -0.05) is 0 Å². The van der Waals surface area contributed by atoms with Crippen molar-refractivity contribution in [3.05, 3.63) is 30.6 Å². The van der Waals surface area contributed by atoms with Crippen molar-refractivity contribution in [2.45, 2.75) is 39.0 Å². The molecular weight excluding hydrogens is 488 g/mol. The Bertz CT molecular complexity index is 1400. The third-order valence-electron chi connectivity index (χ3n) is 5.55. The molecule has 0 aliphatic carbocycles. The van der Waals surface area contributed by atoms with Crippen LogP contribution in [-0.4, -0.2) is 80.2 Å². The van der Waals surface area contributed by atoms with Crippen LogP contribution >= 0.6 is 0 Å². The molecule has 0 spiro atoms. The molecule has 1 amide bonds. The SMILES string of the molecule is CN(C)CCCn1nc(-c2cnc3[nH]cc(OC(=O)NC(C)(C)CO)c3n2)c2cc(OC(F)F)ccc21. The van der Waals surface area contributed by atoms with Gasteiger partial charge in [-0.15, -0.1) is 0 Å². The Morgan fingerprint density at radius 2 is 2.11 bits per heavy atom. The second kappa shape index (κ2) is 10.6. The first-order valence-electron chi connectivity index (χ1n) is 11.6. The van der Waals surface area contributed by atoms with E-state index in [2.05, 4.69) is 29.9 Å². The maximum atomic E-state index is 12.9. The zero-order chi connectivity index (χ0) is 26.7. The Morgan fingerprint density at radius 1 is 1.32 bits per heavy atom. The Kier molecular flexibility index (Phi) is 7.55. The van der Waals surface area contributed by atoms with Gasteiger partial charge < -0.3 is 29.8 Å². The van der Waals surface area contributed by atoms with E-state index in [9.17, 15) is 18.7 Å². The smallest absolute Gasteiger partial charge is 0.413 e. The number of nitrogens with zero attached hydrogens (tertiary/aromatic N) is 5. The van der Waals surface area contributed by atoms with E-state index in [1.807, 2.05) is 14.1 Å². The number of H-pyrrole nitrogens is 1. The topological polar surface area (TPSA) is 130 Å². The molecule has 11 nitrogen and oxygen atoms in total. The van der Waals surface area contributed by atoms with Gasteiger partial charge >= 0.3 is 12.7 Å². The van der Waals surface area contributed by atoms with Gasteiger partial charge in [-0.2, -0.15) is 13.9 Å². The van der Waals surface area contributed by atoms with Crippen molar-refractivity contribution in [2.75, 3.05) is 27.2 Å². The van der Waals surface area contributed by atoms with E-state index in [1.54, 1.807) is 24.6 Å². The zero-order valence-corrected chi connectivity index (χ0v) is 21.0. The predicted molar refractivity (Wildman–Crippen MR) is 133 cm³/mol. The lowest BCUT2D eigenvalue weighted by atomic mass is 10.1. The van der Waals surface area contributed by atoms with Crippen LogP contribution in [0.3, 0.4) is 0 Å². The van der Waals surface area contributed by atoms with Gasteiger partial charge in [-0.3, -0.25) is 4.68 Å². The number of aromatic nitrogens is 5. The number of amides is 1. The lowest BCUT2D eigenvalue weighted by Gasteiger charge is -2.22. The number of halogens is 2. The van der Waals surface area contributed by atoms with E-state index in [1.165, 1.54) is 24.5 Å². The number of aryl methyl sites for hydroxylation is 1. The lowest BCUT2D eigenvalue weighted by molar-refractivity contribution is -0.0497. The minimum absolute atomic E-state index is 0.000496. The Labute approximate surface area is 211 Å². The molecule has 13 heteroatoms. The second-order valence-electron chi connectivity index (χ2n) is 9.45. The average molecular weight is 518 g/mol. The van der Waals surface area contributed by atoms with E-state index in [0.29, 0.717) is 29.0 Å². The minimum atomic E-state index is -2.96. The summed E-state index contributed by atoms with van der Waals surface area (Å²) in [5.41, 5.74) is 1.30. The van der Waals surface area contributed by atoms with Crippen LogP contribution in [0.1, 0.15) is 20.3 Å². The van der Waals surface area contributed by atoms with Crippen LogP contribution in [0.5, 0.6) is 11.5 Å². The van der Waals surface area contributed by atoms with Crippen molar-refractivity contribution >= 4 is 28.2 Å². The molecular formula is C24H29F2N7O4. The molecule has 198 valence electrons. The molecule has 3 heterocycles. The summed E-state index contributed by atoms with van der Waals surface area (Å²) in [6.07, 6.45) is 3.01. The van der Waals surface area contributed by atoms with Gasteiger partial charge in [0.05, 0.1) is 23.9 Å². The molecule has 0 aliphatic rings. The highest BCUT2D eigenvalue weighted by Crippen LogP contribution is 2.32. The molecule has 37 heavy (non-hydrogen) atoms. The summed E-state index contributed by atoms with van der Waals surface area (Å²) in [6.45, 7) is 1.49. The van der Waals surface area contributed by atoms with Crippen LogP contribution in [0.25, 0.3) is 33.5 Å². The van der Waals surface area contributed by atoms with Crippen molar-refractivity contribution < 1.29 is 28.2 Å². The van der Waals surface area contributed by atoms with Crippen LogP contribution in [-0.2, 0) is 6.54 Å². The van der Waals surface area contributed by atoms with Crippen molar-refractivity contribution in [3.8, 4) is 22.9 Å². The number of hydrogen-bond acceptors (Lipinski definition) is 8. The van der Waals surface area contributed by atoms with Crippen LogP contribution in [0, 0.1) is 0 Å². The zero-order valence-electron chi connectivity index (χ0n) is 21.0. The number of ether oxygens (including phenoxy) is 2. The first-order valence-corrected chi connectivity index (χ1v) is 11.6. The summed E-state index contributed by atoms with van der Waals surface area (Å²) in [4.78, 5) is 26.3. The predicted octanol–water partition coefficient (Wildman–Crippen LogP) is 3.39. The molecule has 0 saturated heterocycles. The van der Waals surface area contributed by atoms with Gasteiger partial charge in [-0.25, -0.2) is 14.8 Å². The fourth-order valence-corrected chi connectivity index (χ4v) is 3.73. The summed E-state index contributed by atoms with van der Waals surface area (Å²) in [5, 5.41) is 17.2. The number of fused-ring (bicyclic) bond motifs is 2. The third-order valence-corrected chi connectivity index (χ3v) is 5.55.